The molecular weight excluding hydrogens is 380 g/mol. The highest BCUT2D eigenvalue weighted by molar-refractivity contribution is 8.00. The Balaban J connectivity index is 1.56. The molecule has 6 nitrogen and oxygen atoms in total. The van der Waals surface area contributed by atoms with Crippen LogP contribution in [0.15, 0.2) is 29.3 Å². The molecular formula is C19H30N4O2S2. The number of nitrogens with one attached hydrogen (secondary N) is 2. The molecule has 0 aromatic heterocycles. The Morgan fingerprint density at radius 2 is 2.15 bits per heavy atom. The average molecular weight is 411 g/mol. The van der Waals surface area contributed by atoms with E-state index >= 15 is 0 Å². The zero-order chi connectivity index (χ0) is 19.3. The summed E-state index contributed by atoms with van der Waals surface area (Å²) in [6.45, 7) is 6.65. The van der Waals surface area contributed by atoms with E-state index in [0.717, 1.165) is 30.8 Å². The van der Waals surface area contributed by atoms with Crippen molar-refractivity contribution in [1.82, 2.24) is 10.6 Å². The largest absolute Gasteiger partial charge is 0.357 e. The first-order chi connectivity index (χ1) is 12.9. The van der Waals surface area contributed by atoms with Crippen LogP contribution >= 0.6 is 11.8 Å². The van der Waals surface area contributed by atoms with Crippen molar-refractivity contribution in [3.05, 3.63) is 29.8 Å². The topological polar surface area (TPSA) is 73.8 Å². The van der Waals surface area contributed by atoms with E-state index in [1.54, 1.807) is 4.31 Å². The lowest BCUT2D eigenvalue weighted by molar-refractivity contribution is 0.590. The Hall–Kier alpha value is -1.41. The van der Waals surface area contributed by atoms with Crippen LogP contribution in [0.2, 0.25) is 0 Å². The maximum Gasteiger partial charge on any atom is 0.236 e. The normalized spacial score (nSPS) is 22.7. The van der Waals surface area contributed by atoms with Crippen LogP contribution in [0.5, 0.6) is 0 Å². The third-order valence-electron chi connectivity index (χ3n) is 5.05. The van der Waals surface area contributed by atoms with E-state index in [4.69, 9.17) is 0 Å². The minimum atomic E-state index is -3.34. The smallest absolute Gasteiger partial charge is 0.236 e. The number of fused-ring (bicyclic) bond motifs is 1. The number of aliphatic imine (C=N–C) groups is 1. The van der Waals surface area contributed by atoms with Crippen LogP contribution in [0, 0.1) is 0 Å². The molecule has 3 rings (SSSR count). The van der Waals surface area contributed by atoms with Gasteiger partial charge in [-0.1, -0.05) is 18.2 Å². The van der Waals surface area contributed by atoms with Crippen molar-refractivity contribution in [3.8, 4) is 0 Å². The first-order valence-electron chi connectivity index (χ1n) is 9.68. The molecule has 2 heterocycles. The fourth-order valence-corrected chi connectivity index (χ4v) is 6.21. The van der Waals surface area contributed by atoms with E-state index < -0.39 is 10.0 Å². The third-order valence-corrected chi connectivity index (χ3v) is 8.34. The minimum Gasteiger partial charge on any atom is -0.357 e. The molecule has 27 heavy (non-hydrogen) atoms. The lowest BCUT2D eigenvalue weighted by Gasteiger charge is -2.22. The van der Waals surface area contributed by atoms with E-state index in [1.807, 2.05) is 43.0 Å². The molecule has 1 fully saturated rings. The van der Waals surface area contributed by atoms with E-state index in [0.29, 0.717) is 19.0 Å². The van der Waals surface area contributed by atoms with Gasteiger partial charge in [-0.25, -0.2) is 8.42 Å². The molecule has 150 valence electrons. The van der Waals surface area contributed by atoms with Crippen molar-refractivity contribution in [2.75, 3.05) is 42.0 Å². The number of hydrogen-bond acceptors (Lipinski definition) is 4. The van der Waals surface area contributed by atoms with Gasteiger partial charge < -0.3 is 10.6 Å². The summed E-state index contributed by atoms with van der Waals surface area (Å²) in [6.07, 6.45) is 3.21. The number of anilines is 1. The van der Waals surface area contributed by atoms with Crippen molar-refractivity contribution < 1.29 is 8.42 Å². The lowest BCUT2D eigenvalue weighted by Crippen LogP contribution is -2.42. The van der Waals surface area contributed by atoms with Gasteiger partial charge in [0.1, 0.15) is 0 Å². The molecule has 1 aromatic rings. The third kappa shape index (κ3) is 5.10. The molecule has 0 spiro atoms. The number of guanidine groups is 1. The first kappa shape index (κ1) is 20.3. The SMILES string of the molecule is CCNC(=NCC1(C)CCCS1)NCCS(=O)(=O)N1CCc2ccccc21. The predicted octanol–water partition coefficient (Wildman–Crippen LogP) is 2.22. The van der Waals surface area contributed by atoms with Crippen LogP contribution < -0.4 is 14.9 Å². The molecule has 2 aliphatic heterocycles. The molecule has 1 unspecified atom stereocenters. The molecule has 1 aromatic carbocycles. The van der Waals surface area contributed by atoms with Crippen LogP contribution in [-0.2, 0) is 16.4 Å². The number of para-hydroxylation sites is 1. The second-order valence-corrected chi connectivity index (χ2v) is 11.0. The summed E-state index contributed by atoms with van der Waals surface area (Å²) < 4.78 is 27.3. The maximum atomic E-state index is 12.8. The number of rotatable bonds is 7. The second-order valence-electron chi connectivity index (χ2n) is 7.29. The van der Waals surface area contributed by atoms with E-state index in [-0.39, 0.29) is 10.5 Å². The Morgan fingerprint density at radius 1 is 1.33 bits per heavy atom. The van der Waals surface area contributed by atoms with Crippen molar-refractivity contribution in [1.29, 1.82) is 0 Å². The summed E-state index contributed by atoms with van der Waals surface area (Å²) in [4.78, 5) is 4.69. The van der Waals surface area contributed by atoms with Crippen LogP contribution in [0.25, 0.3) is 0 Å². The van der Waals surface area contributed by atoms with Gasteiger partial charge in [0.25, 0.3) is 0 Å². The van der Waals surface area contributed by atoms with Crippen molar-refractivity contribution in [2.24, 2.45) is 4.99 Å². The van der Waals surface area contributed by atoms with Gasteiger partial charge in [-0.2, -0.15) is 11.8 Å². The van der Waals surface area contributed by atoms with Crippen LogP contribution in [0.3, 0.4) is 0 Å². The van der Waals surface area contributed by atoms with Gasteiger partial charge in [0.15, 0.2) is 5.96 Å². The standard InChI is InChI=1S/C19H30N4O2S2/c1-3-20-18(22-15-19(2)10-6-13-26-19)21-11-14-27(24,25)23-12-9-16-7-4-5-8-17(16)23/h4-5,7-8H,3,6,9-15H2,1-2H3,(H2,20,21,22). The number of benzene rings is 1. The Kier molecular flexibility index (Phi) is 6.57. The van der Waals surface area contributed by atoms with Crippen LogP contribution in [0.4, 0.5) is 5.69 Å². The summed E-state index contributed by atoms with van der Waals surface area (Å²) in [5.41, 5.74) is 1.93. The highest BCUT2D eigenvalue weighted by atomic mass is 32.2. The van der Waals surface area contributed by atoms with Gasteiger partial charge in [0, 0.05) is 24.4 Å². The van der Waals surface area contributed by atoms with Gasteiger partial charge in [-0.15, -0.1) is 0 Å². The summed E-state index contributed by atoms with van der Waals surface area (Å²) in [6, 6.07) is 7.74. The number of nitrogens with zero attached hydrogens (tertiary/aromatic N) is 2. The fourth-order valence-electron chi connectivity index (χ4n) is 3.56. The highest BCUT2D eigenvalue weighted by Gasteiger charge is 2.30. The zero-order valence-electron chi connectivity index (χ0n) is 16.2. The number of hydrogen-bond donors (Lipinski definition) is 2. The lowest BCUT2D eigenvalue weighted by atomic mass is 10.1. The Bertz CT molecular complexity index is 774. The fraction of sp³-hybridized carbons (Fsp3) is 0.632. The Labute approximate surface area is 167 Å². The predicted molar refractivity (Wildman–Crippen MR) is 115 cm³/mol. The number of thioether (sulfide) groups is 1. The van der Waals surface area contributed by atoms with E-state index in [2.05, 4.69) is 22.5 Å². The summed E-state index contributed by atoms with van der Waals surface area (Å²) >= 11 is 1.98. The first-order valence-corrected chi connectivity index (χ1v) is 12.3. The van der Waals surface area contributed by atoms with Crippen molar-refractivity contribution >= 4 is 33.4 Å². The van der Waals surface area contributed by atoms with Gasteiger partial charge in [0.05, 0.1) is 18.0 Å². The molecule has 2 aliphatic rings. The molecule has 0 amide bonds. The zero-order valence-corrected chi connectivity index (χ0v) is 17.8. The van der Waals surface area contributed by atoms with Crippen molar-refractivity contribution in [2.45, 2.75) is 37.9 Å². The monoisotopic (exact) mass is 410 g/mol. The molecule has 0 saturated carbocycles. The molecule has 0 aliphatic carbocycles. The average Bonchev–Trinajstić information content (AvgIpc) is 3.27. The molecule has 1 saturated heterocycles. The van der Waals surface area contributed by atoms with E-state index in [1.165, 1.54) is 18.6 Å². The van der Waals surface area contributed by atoms with Gasteiger partial charge in [-0.3, -0.25) is 9.30 Å². The quantitative estimate of drug-likeness (QED) is 0.533. The molecule has 0 bridgehead atoms. The van der Waals surface area contributed by atoms with Gasteiger partial charge in [0.2, 0.25) is 10.0 Å². The summed E-state index contributed by atoms with van der Waals surface area (Å²) in [5.74, 6) is 1.95. The molecule has 1 atom stereocenters. The summed E-state index contributed by atoms with van der Waals surface area (Å²) in [7, 11) is -3.34. The Morgan fingerprint density at radius 3 is 2.89 bits per heavy atom. The minimum absolute atomic E-state index is 0.0533. The van der Waals surface area contributed by atoms with Gasteiger partial charge in [-0.05, 0) is 50.5 Å². The second kappa shape index (κ2) is 8.73. The maximum absolute atomic E-state index is 12.8. The van der Waals surface area contributed by atoms with Crippen LogP contribution in [0.1, 0.15) is 32.3 Å². The van der Waals surface area contributed by atoms with E-state index in [9.17, 15) is 8.42 Å². The molecule has 8 heteroatoms. The van der Waals surface area contributed by atoms with Gasteiger partial charge >= 0.3 is 0 Å². The molecule has 0 radical (unpaired) electrons. The van der Waals surface area contributed by atoms with Crippen molar-refractivity contribution in [3.63, 3.8) is 0 Å². The highest BCUT2D eigenvalue weighted by Crippen LogP contribution is 2.37. The van der Waals surface area contributed by atoms with Crippen LogP contribution in [-0.4, -0.2) is 56.8 Å². The number of sulfonamides is 1. The summed E-state index contributed by atoms with van der Waals surface area (Å²) in [5, 5.41) is 6.41. The molecule has 2 N–H and O–H groups in total.